The Morgan fingerprint density at radius 1 is 1.12 bits per heavy atom. The zero-order chi connectivity index (χ0) is 11.7. The zero-order valence-corrected chi connectivity index (χ0v) is 10.1. The molecule has 4 nitrogen and oxygen atoms in total. The van der Waals surface area contributed by atoms with Crippen molar-refractivity contribution in [3.05, 3.63) is 11.7 Å². The number of nitrogens with zero attached hydrogens (tertiary/aromatic N) is 2. The summed E-state index contributed by atoms with van der Waals surface area (Å²) in [7, 11) is 0. The number of aliphatic hydroxyl groups is 1. The summed E-state index contributed by atoms with van der Waals surface area (Å²) >= 11 is 0. The van der Waals surface area contributed by atoms with Gasteiger partial charge in [-0.2, -0.15) is 4.98 Å². The van der Waals surface area contributed by atoms with Gasteiger partial charge in [-0.25, -0.2) is 0 Å². The molecular formula is C13H20N2O2. The second-order valence-electron chi connectivity index (χ2n) is 5.49. The topological polar surface area (TPSA) is 59.2 Å². The van der Waals surface area contributed by atoms with Crippen LogP contribution in [0.4, 0.5) is 0 Å². The molecular weight excluding hydrogens is 216 g/mol. The molecule has 1 aromatic heterocycles. The Morgan fingerprint density at radius 2 is 1.94 bits per heavy atom. The normalized spacial score (nSPS) is 30.2. The largest absolute Gasteiger partial charge is 0.393 e. The van der Waals surface area contributed by atoms with Crippen LogP contribution in [0, 0.1) is 5.92 Å². The molecule has 0 amide bonds. The van der Waals surface area contributed by atoms with Crippen LogP contribution in [0.2, 0.25) is 0 Å². The Morgan fingerprint density at radius 3 is 2.65 bits per heavy atom. The summed E-state index contributed by atoms with van der Waals surface area (Å²) in [6.07, 6.45) is 8.63. The SMILES string of the molecule is OC1CCCCC1Cc1nc(C2CCC2)no1. The number of aromatic nitrogens is 2. The van der Waals surface area contributed by atoms with Gasteiger partial charge in [0.15, 0.2) is 5.82 Å². The fraction of sp³-hybridized carbons (Fsp3) is 0.846. The molecule has 1 aromatic rings. The standard InChI is InChI=1S/C13H20N2O2/c16-11-7-2-1-4-10(11)8-12-14-13(15-17-12)9-5-3-6-9/h9-11,16H,1-8H2. The van der Waals surface area contributed by atoms with Gasteiger partial charge in [-0.05, 0) is 31.6 Å². The highest BCUT2D eigenvalue weighted by Gasteiger charge is 2.28. The van der Waals surface area contributed by atoms with Crippen LogP contribution in [0.3, 0.4) is 0 Å². The van der Waals surface area contributed by atoms with Crippen LogP contribution in [0.15, 0.2) is 4.52 Å². The maximum absolute atomic E-state index is 9.91. The number of rotatable bonds is 3. The number of hydrogen-bond donors (Lipinski definition) is 1. The Balaban J connectivity index is 1.61. The van der Waals surface area contributed by atoms with E-state index in [1.807, 2.05) is 0 Å². The molecule has 0 aliphatic heterocycles. The summed E-state index contributed by atoms with van der Waals surface area (Å²) in [6, 6.07) is 0. The Kier molecular flexibility index (Phi) is 3.14. The van der Waals surface area contributed by atoms with Crippen LogP contribution in [-0.2, 0) is 6.42 Å². The maximum Gasteiger partial charge on any atom is 0.227 e. The van der Waals surface area contributed by atoms with Gasteiger partial charge < -0.3 is 9.63 Å². The van der Waals surface area contributed by atoms with Crippen LogP contribution in [0.5, 0.6) is 0 Å². The van der Waals surface area contributed by atoms with Gasteiger partial charge in [0.2, 0.25) is 5.89 Å². The second kappa shape index (κ2) is 4.77. The van der Waals surface area contributed by atoms with E-state index < -0.39 is 0 Å². The summed E-state index contributed by atoms with van der Waals surface area (Å²) in [5.41, 5.74) is 0. The van der Waals surface area contributed by atoms with Gasteiger partial charge in [-0.15, -0.1) is 0 Å². The van der Waals surface area contributed by atoms with Gasteiger partial charge in [0, 0.05) is 12.3 Å². The molecule has 0 aromatic carbocycles. The number of aliphatic hydroxyl groups excluding tert-OH is 1. The fourth-order valence-corrected chi connectivity index (χ4v) is 2.83. The van der Waals surface area contributed by atoms with Crippen molar-refractivity contribution in [3.63, 3.8) is 0 Å². The highest BCUT2D eigenvalue weighted by Crippen LogP contribution is 2.35. The van der Waals surface area contributed by atoms with Crippen molar-refractivity contribution in [1.29, 1.82) is 0 Å². The minimum atomic E-state index is -0.178. The molecule has 0 saturated heterocycles. The quantitative estimate of drug-likeness (QED) is 0.875. The minimum Gasteiger partial charge on any atom is -0.393 e. The Labute approximate surface area is 101 Å². The lowest BCUT2D eigenvalue weighted by Gasteiger charge is -2.26. The Bertz CT molecular complexity index is 373. The molecule has 2 aliphatic rings. The van der Waals surface area contributed by atoms with E-state index in [2.05, 4.69) is 10.1 Å². The minimum absolute atomic E-state index is 0.178. The summed E-state index contributed by atoms with van der Waals surface area (Å²) < 4.78 is 5.30. The zero-order valence-electron chi connectivity index (χ0n) is 10.1. The molecule has 2 fully saturated rings. The van der Waals surface area contributed by atoms with Crippen molar-refractivity contribution < 1.29 is 9.63 Å². The third-order valence-electron chi connectivity index (χ3n) is 4.26. The summed E-state index contributed by atoms with van der Waals surface area (Å²) in [4.78, 5) is 4.47. The van der Waals surface area contributed by atoms with E-state index in [9.17, 15) is 5.11 Å². The third kappa shape index (κ3) is 2.37. The predicted octanol–water partition coefficient (Wildman–Crippen LogP) is 2.43. The lowest BCUT2D eigenvalue weighted by Crippen LogP contribution is -2.26. The average Bonchev–Trinajstić information content (AvgIpc) is 2.67. The van der Waals surface area contributed by atoms with E-state index in [1.54, 1.807) is 0 Å². The van der Waals surface area contributed by atoms with Crippen molar-refractivity contribution in [2.24, 2.45) is 5.92 Å². The lowest BCUT2D eigenvalue weighted by atomic mass is 9.84. The van der Waals surface area contributed by atoms with E-state index in [4.69, 9.17) is 4.52 Å². The molecule has 2 aliphatic carbocycles. The molecule has 0 spiro atoms. The first-order valence-corrected chi connectivity index (χ1v) is 6.83. The molecule has 1 N–H and O–H groups in total. The van der Waals surface area contributed by atoms with Crippen LogP contribution in [0.25, 0.3) is 0 Å². The van der Waals surface area contributed by atoms with Crippen LogP contribution >= 0.6 is 0 Å². The molecule has 17 heavy (non-hydrogen) atoms. The van der Waals surface area contributed by atoms with Crippen LogP contribution in [0.1, 0.15) is 62.6 Å². The van der Waals surface area contributed by atoms with Gasteiger partial charge in [-0.1, -0.05) is 24.4 Å². The lowest BCUT2D eigenvalue weighted by molar-refractivity contribution is 0.0657. The first-order chi connectivity index (χ1) is 8.33. The first kappa shape index (κ1) is 11.2. The molecule has 94 valence electrons. The highest BCUT2D eigenvalue weighted by molar-refractivity contribution is 5.00. The van der Waals surface area contributed by atoms with Crippen molar-refractivity contribution in [1.82, 2.24) is 10.1 Å². The summed E-state index contributed by atoms with van der Waals surface area (Å²) in [5, 5.41) is 14.0. The van der Waals surface area contributed by atoms with Gasteiger partial charge in [-0.3, -0.25) is 0 Å². The van der Waals surface area contributed by atoms with Gasteiger partial charge in [0.25, 0.3) is 0 Å². The molecule has 3 rings (SSSR count). The van der Waals surface area contributed by atoms with Crippen molar-refractivity contribution >= 4 is 0 Å². The highest BCUT2D eigenvalue weighted by atomic mass is 16.5. The van der Waals surface area contributed by atoms with Crippen LogP contribution in [-0.4, -0.2) is 21.4 Å². The van der Waals surface area contributed by atoms with E-state index in [-0.39, 0.29) is 6.10 Å². The second-order valence-corrected chi connectivity index (χ2v) is 5.49. The molecule has 1 heterocycles. The average molecular weight is 236 g/mol. The van der Waals surface area contributed by atoms with Crippen molar-refractivity contribution in [3.8, 4) is 0 Å². The summed E-state index contributed by atoms with van der Waals surface area (Å²) in [5.74, 6) is 2.46. The van der Waals surface area contributed by atoms with Crippen molar-refractivity contribution in [2.75, 3.05) is 0 Å². The number of hydrogen-bond acceptors (Lipinski definition) is 4. The van der Waals surface area contributed by atoms with Gasteiger partial charge in [0.05, 0.1) is 6.10 Å². The molecule has 4 heteroatoms. The third-order valence-corrected chi connectivity index (χ3v) is 4.26. The predicted molar refractivity (Wildman–Crippen MR) is 62.6 cm³/mol. The molecule has 2 saturated carbocycles. The van der Waals surface area contributed by atoms with E-state index in [0.717, 1.165) is 37.4 Å². The van der Waals surface area contributed by atoms with E-state index in [0.29, 0.717) is 11.8 Å². The van der Waals surface area contributed by atoms with Gasteiger partial charge >= 0.3 is 0 Å². The molecule has 2 unspecified atom stereocenters. The molecule has 2 atom stereocenters. The van der Waals surface area contributed by atoms with Crippen LogP contribution < -0.4 is 0 Å². The monoisotopic (exact) mass is 236 g/mol. The van der Waals surface area contributed by atoms with E-state index in [1.165, 1.54) is 25.7 Å². The smallest absolute Gasteiger partial charge is 0.227 e. The molecule has 0 bridgehead atoms. The first-order valence-electron chi connectivity index (χ1n) is 6.83. The molecule has 0 radical (unpaired) electrons. The fourth-order valence-electron chi connectivity index (χ4n) is 2.83. The van der Waals surface area contributed by atoms with Crippen molar-refractivity contribution in [2.45, 2.75) is 63.4 Å². The van der Waals surface area contributed by atoms with E-state index >= 15 is 0 Å². The Hall–Kier alpha value is -0.900. The van der Waals surface area contributed by atoms with Gasteiger partial charge in [0.1, 0.15) is 0 Å². The summed E-state index contributed by atoms with van der Waals surface area (Å²) in [6.45, 7) is 0. The maximum atomic E-state index is 9.91.